The lowest BCUT2D eigenvalue weighted by molar-refractivity contribution is -0.0431. The molecule has 1 aliphatic heterocycles. The fraction of sp³-hybridized carbons (Fsp3) is 0.467. The van der Waals surface area contributed by atoms with E-state index in [1.807, 2.05) is 19.9 Å². The molecule has 114 valence electrons. The lowest BCUT2D eigenvalue weighted by Gasteiger charge is -2.16. The van der Waals surface area contributed by atoms with Gasteiger partial charge in [-0.1, -0.05) is 6.08 Å². The average molecular weight is 309 g/mol. The number of sulfonamides is 1. The van der Waals surface area contributed by atoms with Gasteiger partial charge in [-0.15, -0.1) is 0 Å². The van der Waals surface area contributed by atoms with Gasteiger partial charge in [0.25, 0.3) is 10.0 Å². The van der Waals surface area contributed by atoms with Crippen LogP contribution in [-0.2, 0) is 10.0 Å². The topological polar surface area (TPSA) is 64.6 Å². The van der Waals surface area contributed by atoms with Crippen LogP contribution in [0, 0.1) is 0 Å². The quantitative estimate of drug-likeness (QED) is 0.929. The minimum Gasteiger partial charge on any atom is -0.449 e. The van der Waals surface area contributed by atoms with E-state index in [2.05, 4.69) is 4.72 Å². The molecule has 0 bridgehead atoms. The van der Waals surface area contributed by atoms with Gasteiger partial charge in [-0.3, -0.25) is 4.72 Å². The maximum absolute atomic E-state index is 12.3. The number of nitrogens with one attached hydrogen (secondary N) is 1. The maximum atomic E-state index is 12.3. The Morgan fingerprint density at radius 3 is 2.62 bits per heavy atom. The molecule has 6 heteroatoms. The summed E-state index contributed by atoms with van der Waals surface area (Å²) in [6.45, 7) is 3.62. The predicted molar refractivity (Wildman–Crippen MR) is 80.9 cm³/mol. The molecule has 1 N–H and O–H groups in total. The summed E-state index contributed by atoms with van der Waals surface area (Å²) >= 11 is 0. The van der Waals surface area contributed by atoms with Crippen LogP contribution in [0.1, 0.15) is 39.5 Å². The molecule has 1 aliphatic carbocycles. The number of rotatable bonds is 3. The fourth-order valence-electron chi connectivity index (χ4n) is 2.56. The van der Waals surface area contributed by atoms with Gasteiger partial charge in [0.1, 0.15) is 0 Å². The van der Waals surface area contributed by atoms with Crippen LogP contribution in [0.25, 0.3) is 0 Å². The minimum absolute atomic E-state index is 0.478. The van der Waals surface area contributed by atoms with E-state index in [-0.39, 0.29) is 0 Å². The molecule has 2 aliphatic rings. The molecular weight excluding hydrogens is 290 g/mol. The van der Waals surface area contributed by atoms with Gasteiger partial charge in [-0.25, -0.2) is 8.42 Å². The highest BCUT2D eigenvalue weighted by Crippen LogP contribution is 2.41. The van der Waals surface area contributed by atoms with Crippen LogP contribution in [0.3, 0.4) is 0 Å². The lowest BCUT2D eigenvalue weighted by atomic mass is 10.1. The average Bonchev–Trinajstić information content (AvgIpc) is 2.72. The third-order valence-corrected chi connectivity index (χ3v) is 5.07. The molecule has 0 amide bonds. The highest BCUT2D eigenvalue weighted by atomic mass is 32.2. The van der Waals surface area contributed by atoms with E-state index in [1.165, 1.54) is 0 Å². The number of ether oxygens (including phenoxy) is 2. The summed E-state index contributed by atoms with van der Waals surface area (Å²) < 4.78 is 38.5. The van der Waals surface area contributed by atoms with Crippen molar-refractivity contribution in [1.29, 1.82) is 0 Å². The first kappa shape index (κ1) is 14.3. The molecule has 3 rings (SSSR count). The molecule has 0 unspecified atom stereocenters. The zero-order chi connectivity index (χ0) is 15.1. The Bertz CT molecular complexity index is 692. The van der Waals surface area contributed by atoms with Gasteiger partial charge in [0.15, 0.2) is 11.5 Å². The molecular formula is C15H19NO4S. The predicted octanol–water partition coefficient (Wildman–Crippen LogP) is 3.39. The third kappa shape index (κ3) is 3.00. The van der Waals surface area contributed by atoms with Crippen LogP contribution < -0.4 is 14.2 Å². The number of anilines is 1. The van der Waals surface area contributed by atoms with Crippen LogP contribution in [0.2, 0.25) is 0 Å². The second kappa shape index (κ2) is 4.94. The summed E-state index contributed by atoms with van der Waals surface area (Å²) in [5.41, 5.74) is 0.488. The molecule has 0 fully saturated rings. The number of benzene rings is 1. The number of fused-ring (bicyclic) bond motifs is 1. The zero-order valence-corrected chi connectivity index (χ0v) is 13.0. The van der Waals surface area contributed by atoms with Crippen molar-refractivity contribution in [2.75, 3.05) is 4.72 Å². The molecule has 0 aromatic heterocycles. The highest BCUT2D eigenvalue weighted by molar-refractivity contribution is 7.96. The van der Waals surface area contributed by atoms with Gasteiger partial charge in [0.2, 0.25) is 5.79 Å². The van der Waals surface area contributed by atoms with E-state index in [1.54, 1.807) is 18.2 Å². The summed E-state index contributed by atoms with van der Waals surface area (Å²) in [4.78, 5) is 0.478. The Morgan fingerprint density at radius 1 is 1.14 bits per heavy atom. The van der Waals surface area contributed by atoms with E-state index < -0.39 is 15.8 Å². The van der Waals surface area contributed by atoms with Gasteiger partial charge in [0, 0.05) is 19.9 Å². The van der Waals surface area contributed by atoms with Crippen molar-refractivity contribution in [1.82, 2.24) is 0 Å². The van der Waals surface area contributed by atoms with Crippen molar-refractivity contribution in [3.8, 4) is 11.5 Å². The Labute approximate surface area is 125 Å². The second-order valence-electron chi connectivity index (χ2n) is 5.79. The molecule has 1 heterocycles. The largest absolute Gasteiger partial charge is 0.449 e. The molecule has 5 nitrogen and oxygen atoms in total. The van der Waals surface area contributed by atoms with Crippen LogP contribution in [0.4, 0.5) is 5.69 Å². The fourth-order valence-corrected chi connectivity index (χ4v) is 3.88. The number of allylic oxidation sites excluding steroid dienone is 2. The van der Waals surface area contributed by atoms with Crippen LogP contribution in [0.5, 0.6) is 11.5 Å². The van der Waals surface area contributed by atoms with Gasteiger partial charge < -0.3 is 9.47 Å². The molecule has 0 atom stereocenters. The normalized spacial score (nSPS) is 20.0. The third-order valence-electron chi connectivity index (χ3n) is 3.50. The van der Waals surface area contributed by atoms with Gasteiger partial charge in [-0.2, -0.15) is 0 Å². The molecule has 0 saturated heterocycles. The molecule has 0 saturated carbocycles. The van der Waals surface area contributed by atoms with Crippen LogP contribution in [-0.4, -0.2) is 14.2 Å². The maximum Gasteiger partial charge on any atom is 0.257 e. The van der Waals surface area contributed by atoms with E-state index >= 15 is 0 Å². The van der Waals surface area contributed by atoms with Crippen LogP contribution >= 0.6 is 0 Å². The Hall–Kier alpha value is -1.69. The minimum atomic E-state index is -3.47. The van der Waals surface area contributed by atoms with Crippen LogP contribution in [0.15, 0.2) is 29.2 Å². The Balaban J connectivity index is 1.82. The van der Waals surface area contributed by atoms with E-state index in [0.29, 0.717) is 28.5 Å². The van der Waals surface area contributed by atoms with Crippen molar-refractivity contribution < 1.29 is 17.9 Å². The number of hydrogen-bond donors (Lipinski definition) is 1. The van der Waals surface area contributed by atoms with Crippen molar-refractivity contribution >= 4 is 15.7 Å². The Morgan fingerprint density at radius 2 is 1.90 bits per heavy atom. The summed E-state index contributed by atoms with van der Waals surface area (Å²) in [6.07, 6.45) is 5.21. The standard InChI is InChI=1S/C15H19NO4S/c1-15(2)19-13-9-8-11(10-14(13)20-15)16-21(17,18)12-6-4-3-5-7-12/h6,8-10,16H,3-5,7H2,1-2H3. The molecule has 1 aromatic carbocycles. The smallest absolute Gasteiger partial charge is 0.257 e. The SMILES string of the molecule is CC1(C)Oc2ccc(NS(=O)(=O)C3=CCCCC3)cc2O1. The monoisotopic (exact) mass is 309 g/mol. The first-order chi connectivity index (χ1) is 9.86. The number of hydrogen-bond acceptors (Lipinski definition) is 4. The summed E-state index contributed by atoms with van der Waals surface area (Å²) in [5, 5.41) is 0. The second-order valence-corrected chi connectivity index (χ2v) is 7.52. The van der Waals surface area contributed by atoms with Crippen molar-refractivity contribution in [2.45, 2.75) is 45.3 Å². The van der Waals surface area contributed by atoms with Gasteiger partial charge in [0.05, 0.1) is 10.6 Å². The molecule has 1 aromatic rings. The lowest BCUT2D eigenvalue weighted by Crippen LogP contribution is -2.29. The van der Waals surface area contributed by atoms with Crippen molar-refractivity contribution in [2.24, 2.45) is 0 Å². The highest BCUT2D eigenvalue weighted by Gasteiger charge is 2.32. The van der Waals surface area contributed by atoms with Gasteiger partial charge in [-0.05, 0) is 37.8 Å². The van der Waals surface area contributed by atoms with Crippen molar-refractivity contribution in [3.05, 3.63) is 29.2 Å². The summed E-state index contributed by atoms with van der Waals surface area (Å²) in [7, 11) is -3.47. The summed E-state index contributed by atoms with van der Waals surface area (Å²) in [6, 6.07) is 5.06. The molecule has 0 spiro atoms. The Kier molecular flexibility index (Phi) is 3.36. The van der Waals surface area contributed by atoms with E-state index in [9.17, 15) is 8.42 Å². The molecule has 0 radical (unpaired) electrons. The van der Waals surface area contributed by atoms with Gasteiger partial charge >= 0.3 is 0 Å². The molecule has 21 heavy (non-hydrogen) atoms. The van der Waals surface area contributed by atoms with Crippen molar-refractivity contribution in [3.63, 3.8) is 0 Å². The van der Waals surface area contributed by atoms with E-state index in [0.717, 1.165) is 19.3 Å². The first-order valence-corrected chi connectivity index (χ1v) is 8.58. The summed E-state index contributed by atoms with van der Waals surface area (Å²) in [5.74, 6) is 0.462. The first-order valence-electron chi connectivity index (χ1n) is 7.10. The zero-order valence-electron chi connectivity index (χ0n) is 12.2. The van der Waals surface area contributed by atoms with E-state index in [4.69, 9.17) is 9.47 Å².